The second-order valence-corrected chi connectivity index (χ2v) is 5.34. The summed E-state index contributed by atoms with van der Waals surface area (Å²) < 4.78 is 0. The van der Waals surface area contributed by atoms with Crippen LogP contribution in [0.25, 0.3) is 11.1 Å². The molecule has 2 aromatic rings. The van der Waals surface area contributed by atoms with Gasteiger partial charge in [0.05, 0.1) is 10.9 Å². The topological polar surface area (TPSA) is 25.8 Å². The van der Waals surface area contributed by atoms with E-state index in [1.807, 2.05) is 31.2 Å². The molecule has 0 radical (unpaired) electrons. The minimum absolute atomic E-state index is 0.326. The van der Waals surface area contributed by atoms with Crippen LogP contribution in [0.4, 0.5) is 0 Å². The molecule has 0 aliphatic carbocycles. The number of aryl methyl sites for hydroxylation is 1. The van der Waals surface area contributed by atoms with Gasteiger partial charge in [0.2, 0.25) is 0 Å². The first-order valence-corrected chi connectivity index (χ1v) is 6.63. The molecule has 1 heterocycles. The molecule has 0 aliphatic rings. The minimum atomic E-state index is -0.328. The lowest BCUT2D eigenvalue weighted by molar-refractivity contribution is 0.912. The van der Waals surface area contributed by atoms with Gasteiger partial charge in [0.15, 0.2) is 0 Å². The smallest absolute Gasteiger partial charge is 0.149 e. The Hall–Kier alpha value is -0.830. The van der Waals surface area contributed by atoms with Gasteiger partial charge in [-0.15, -0.1) is 11.6 Å². The van der Waals surface area contributed by atoms with E-state index in [-0.39, 0.29) is 5.38 Å². The van der Waals surface area contributed by atoms with Crippen LogP contribution in [0, 0.1) is 6.92 Å². The largest absolute Gasteiger partial charge is 0.219 e. The van der Waals surface area contributed by atoms with Crippen molar-refractivity contribution in [1.82, 2.24) is 9.97 Å². The van der Waals surface area contributed by atoms with E-state index in [9.17, 15) is 0 Å². The first kappa shape index (κ1) is 13.6. The predicted molar refractivity (Wildman–Crippen MR) is 76.5 cm³/mol. The normalized spacial score (nSPS) is 12.5. The summed E-state index contributed by atoms with van der Waals surface area (Å²) in [4.78, 5) is 8.38. The molecule has 2 rings (SSSR count). The number of hydrogen-bond acceptors (Lipinski definition) is 2. The zero-order chi connectivity index (χ0) is 13.3. The van der Waals surface area contributed by atoms with Crippen LogP contribution in [0.15, 0.2) is 24.3 Å². The van der Waals surface area contributed by atoms with E-state index in [4.69, 9.17) is 34.8 Å². The number of rotatable bonds is 2. The van der Waals surface area contributed by atoms with Crippen molar-refractivity contribution in [3.05, 3.63) is 46.0 Å². The van der Waals surface area contributed by atoms with Crippen molar-refractivity contribution < 1.29 is 0 Å². The summed E-state index contributed by atoms with van der Waals surface area (Å²) in [5, 5.41) is 0.324. The monoisotopic (exact) mass is 300 g/mol. The summed E-state index contributed by atoms with van der Waals surface area (Å²) in [6.45, 7) is 3.76. The van der Waals surface area contributed by atoms with Gasteiger partial charge in [-0.1, -0.05) is 47.5 Å². The fourth-order valence-corrected chi connectivity index (χ4v) is 2.38. The van der Waals surface area contributed by atoms with Crippen molar-refractivity contribution in [2.75, 3.05) is 0 Å². The van der Waals surface area contributed by atoms with Crippen LogP contribution in [0.5, 0.6) is 0 Å². The third-order valence-corrected chi connectivity index (χ3v) is 3.35. The Bertz CT molecular complexity index is 559. The van der Waals surface area contributed by atoms with Gasteiger partial charge in [0.25, 0.3) is 0 Å². The van der Waals surface area contributed by atoms with Gasteiger partial charge in [-0.05, 0) is 25.0 Å². The molecule has 94 valence electrons. The minimum Gasteiger partial charge on any atom is -0.219 e. The Morgan fingerprint density at radius 3 is 2.11 bits per heavy atom. The maximum absolute atomic E-state index is 6.19. The van der Waals surface area contributed by atoms with Crippen molar-refractivity contribution >= 4 is 34.8 Å². The number of hydrogen-bond donors (Lipinski definition) is 0. The zero-order valence-electron chi connectivity index (χ0n) is 9.92. The number of nitrogens with zero attached hydrogens (tertiary/aromatic N) is 2. The Morgan fingerprint density at radius 1 is 1.06 bits per heavy atom. The summed E-state index contributed by atoms with van der Waals surface area (Å²) in [5.41, 5.74) is 2.65. The molecule has 1 aromatic carbocycles. The Labute approximate surface area is 121 Å². The van der Waals surface area contributed by atoms with Gasteiger partial charge in [-0.3, -0.25) is 0 Å². The molecular formula is C13H11Cl3N2. The van der Waals surface area contributed by atoms with Crippen LogP contribution < -0.4 is 0 Å². The molecule has 0 fully saturated rings. The number of halogens is 3. The summed E-state index contributed by atoms with van der Waals surface area (Å²) >= 11 is 18.3. The summed E-state index contributed by atoms with van der Waals surface area (Å²) in [7, 11) is 0. The molecule has 2 nitrogen and oxygen atoms in total. The molecule has 1 aromatic heterocycles. The van der Waals surface area contributed by atoms with Crippen LogP contribution in [-0.2, 0) is 0 Å². The van der Waals surface area contributed by atoms with Gasteiger partial charge in [0, 0.05) is 0 Å². The third kappa shape index (κ3) is 2.61. The molecule has 0 spiro atoms. The molecule has 0 saturated heterocycles. The Balaban J connectivity index is 2.63. The number of alkyl halides is 1. The van der Waals surface area contributed by atoms with Crippen molar-refractivity contribution in [3.8, 4) is 11.1 Å². The Kier molecular flexibility index (Phi) is 4.10. The molecule has 0 N–H and O–H groups in total. The van der Waals surface area contributed by atoms with E-state index in [1.165, 1.54) is 0 Å². The van der Waals surface area contributed by atoms with Gasteiger partial charge >= 0.3 is 0 Å². The SMILES string of the molecule is Cc1ccccc1-c1c(Cl)nc(C(C)Cl)nc1Cl. The van der Waals surface area contributed by atoms with Crippen molar-refractivity contribution in [2.45, 2.75) is 19.2 Å². The van der Waals surface area contributed by atoms with Crippen LogP contribution >= 0.6 is 34.8 Å². The molecule has 0 aliphatic heterocycles. The lowest BCUT2D eigenvalue weighted by Gasteiger charge is -2.11. The highest BCUT2D eigenvalue weighted by Crippen LogP contribution is 2.35. The van der Waals surface area contributed by atoms with Crippen molar-refractivity contribution in [2.24, 2.45) is 0 Å². The van der Waals surface area contributed by atoms with Gasteiger partial charge in [0.1, 0.15) is 16.1 Å². The van der Waals surface area contributed by atoms with Gasteiger partial charge in [-0.25, -0.2) is 9.97 Å². The molecule has 18 heavy (non-hydrogen) atoms. The quantitative estimate of drug-likeness (QED) is 0.572. The highest BCUT2D eigenvalue weighted by atomic mass is 35.5. The van der Waals surface area contributed by atoms with Crippen LogP contribution in [0.1, 0.15) is 23.7 Å². The molecule has 0 amide bonds. The summed E-state index contributed by atoms with van der Waals surface area (Å²) in [6.07, 6.45) is 0. The number of aromatic nitrogens is 2. The molecule has 0 bridgehead atoms. The van der Waals surface area contributed by atoms with Crippen molar-refractivity contribution in [1.29, 1.82) is 0 Å². The van der Waals surface area contributed by atoms with E-state index in [0.29, 0.717) is 21.7 Å². The zero-order valence-corrected chi connectivity index (χ0v) is 12.2. The average Bonchev–Trinajstić information content (AvgIpc) is 2.30. The van der Waals surface area contributed by atoms with Crippen LogP contribution in [0.2, 0.25) is 10.3 Å². The standard InChI is InChI=1S/C13H11Cl3N2/c1-7-5-3-4-6-9(7)10-11(15)17-13(8(2)14)18-12(10)16/h3-6,8H,1-2H3. The first-order valence-electron chi connectivity index (χ1n) is 5.43. The summed E-state index contributed by atoms with van der Waals surface area (Å²) in [6, 6.07) is 7.81. The second kappa shape index (κ2) is 5.43. The van der Waals surface area contributed by atoms with E-state index in [0.717, 1.165) is 11.1 Å². The summed E-state index contributed by atoms with van der Waals surface area (Å²) in [5.74, 6) is 0.434. The highest BCUT2D eigenvalue weighted by molar-refractivity contribution is 6.37. The molecule has 1 unspecified atom stereocenters. The molecule has 1 atom stereocenters. The first-order chi connectivity index (χ1) is 8.50. The van der Waals surface area contributed by atoms with Crippen molar-refractivity contribution in [3.63, 3.8) is 0 Å². The lowest BCUT2D eigenvalue weighted by atomic mass is 10.0. The molecule has 0 saturated carbocycles. The number of benzene rings is 1. The third-order valence-electron chi connectivity index (χ3n) is 2.61. The maximum Gasteiger partial charge on any atom is 0.149 e. The van der Waals surface area contributed by atoms with Gasteiger partial charge < -0.3 is 0 Å². The molecule has 5 heteroatoms. The van der Waals surface area contributed by atoms with E-state index in [2.05, 4.69) is 9.97 Å². The fraction of sp³-hybridized carbons (Fsp3) is 0.231. The van der Waals surface area contributed by atoms with Crippen LogP contribution in [0.3, 0.4) is 0 Å². The maximum atomic E-state index is 6.19. The second-order valence-electron chi connectivity index (χ2n) is 3.97. The lowest BCUT2D eigenvalue weighted by Crippen LogP contribution is -1.99. The van der Waals surface area contributed by atoms with E-state index < -0.39 is 0 Å². The van der Waals surface area contributed by atoms with E-state index >= 15 is 0 Å². The molecular weight excluding hydrogens is 291 g/mol. The van der Waals surface area contributed by atoms with Crippen LogP contribution in [-0.4, -0.2) is 9.97 Å². The highest BCUT2D eigenvalue weighted by Gasteiger charge is 2.16. The predicted octanol–water partition coefficient (Wildman–Crippen LogP) is 5.06. The Morgan fingerprint density at radius 2 is 1.61 bits per heavy atom. The van der Waals surface area contributed by atoms with E-state index in [1.54, 1.807) is 6.92 Å². The van der Waals surface area contributed by atoms with Gasteiger partial charge in [-0.2, -0.15) is 0 Å². The average molecular weight is 302 g/mol. The fourth-order valence-electron chi connectivity index (χ4n) is 1.68.